The third-order valence-electron chi connectivity index (χ3n) is 8.88. The maximum absolute atomic E-state index is 12.4. The summed E-state index contributed by atoms with van der Waals surface area (Å²) in [6, 6.07) is 4.35. The molecule has 0 amide bonds. The van der Waals surface area contributed by atoms with Gasteiger partial charge in [0.25, 0.3) is 0 Å². The van der Waals surface area contributed by atoms with E-state index in [0.717, 1.165) is 37.7 Å². The second-order valence-corrected chi connectivity index (χ2v) is 11.0. The second-order valence-electron chi connectivity index (χ2n) is 11.0. The Bertz CT molecular complexity index is 1080. The van der Waals surface area contributed by atoms with Crippen LogP contribution in [0.5, 0.6) is 11.5 Å². The van der Waals surface area contributed by atoms with E-state index in [4.69, 9.17) is 4.74 Å². The van der Waals surface area contributed by atoms with Gasteiger partial charge in [-0.1, -0.05) is 31.2 Å². The number of carboxylic acids is 1. The number of hydrogen-bond acceptors (Lipinski definition) is 5. The molecule has 1 spiro atoms. The molecular weight excluding hydrogens is 444 g/mol. The molecule has 0 aliphatic heterocycles. The molecule has 6 heteroatoms. The first-order valence-electron chi connectivity index (χ1n) is 12.5. The van der Waals surface area contributed by atoms with Crippen molar-refractivity contribution in [1.82, 2.24) is 0 Å². The first-order valence-corrected chi connectivity index (χ1v) is 12.5. The minimum atomic E-state index is -0.745. The molecule has 1 aromatic carbocycles. The van der Waals surface area contributed by atoms with E-state index in [9.17, 15) is 24.9 Å². The molecule has 2 bridgehead atoms. The smallest absolute Gasteiger partial charge is 0.331 e. The Kier molecular flexibility index (Phi) is 6.85. The standard InChI is InChI=1S/C29H36O6/c1-18(2)22-10-13-29-15-20(6-8-25(29)28(22,3)12-11-26(32)33)21(16-29)17-35-27(34)9-5-19-4-7-23(30)24(31)14-19/h4-5,7,9,14,16,20,22,25,30-31H,1,6,8,10-13,15,17H2,2-3H3,(H,32,33)/b9-5+/t20?,22-,25+,28-,29+/m1/s1. The van der Waals surface area contributed by atoms with Gasteiger partial charge in [-0.15, -0.1) is 0 Å². The molecule has 6 nitrogen and oxygen atoms in total. The highest BCUT2D eigenvalue weighted by atomic mass is 16.5. The van der Waals surface area contributed by atoms with Crippen LogP contribution in [-0.4, -0.2) is 33.9 Å². The molecule has 3 aliphatic rings. The van der Waals surface area contributed by atoms with Crippen LogP contribution in [-0.2, 0) is 14.3 Å². The van der Waals surface area contributed by atoms with Crippen LogP contribution in [0.1, 0.15) is 64.4 Å². The first kappa shape index (κ1) is 25.1. The minimum absolute atomic E-state index is 0.0449. The van der Waals surface area contributed by atoms with Crippen LogP contribution in [0.4, 0.5) is 0 Å². The summed E-state index contributed by atoms with van der Waals surface area (Å²) in [4.78, 5) is 23.8. The number of aliphatic carboxylic acids is 1. The van der Waals surface area contributed by atoms with Gasteiger partial charge in [-0.25, -0.2) is 4.79 Å². The number of esters is 1. The van der Waals surface area contributed by atoms with Gasteiger partial charge < -0.3 is 20.1 Å². The van der Waals surface area contributed by atoms with Gasteiger partial charge in [-0.05, 0) is 103 Å². The number of aromatic hydroxyl groups is 2. The molecule has 0 heterocycles. The van der Waals surface area contributed by atoms with Crippen molar-refractivity contribution in [2.24, 2.45) is 28.6 Å². The number of allylic oxidation sites excluding steroid dienone is 2. The normalized spacial score (nSPS) is 31.6. The van der Waals surface area contributed by atoms with Crippen LogP contribution in [0.25, 0.3) is 6.08 Å². The Hall–Kier alpha value is -3.02. The van der Waals surface area contributed by atoms with E-state index in [1.165, 1.54) is 23.8 Å². The summed E-state index contributed by atoms with van der Waals surface area (Å²) in [5, 5.41) is 28.4. The zero-order valence-corrected chi connectivity index (χ0v) is 20.6. The van der Waals surface area contributed by atoms with Gasteiger partial charge in [0.2, 0.25) is 0 Å². The third-order valence-corrected chi connectivity index (χ3v) is 8.88. The number of carboxylic acid groups (broad SMARTS) is 1. The molecule has 1 aromatic rings. The van der Waals surface area contributed by atoms with Gasteiger partial charge in [0.1, 0.15) is 6.61 Å². The second kappa shape index (κ2) is 9.56. The molecule has 0 saturated heterocycles. The molecule has 0 radical (unpaired) electrons. The van der Waals surface area contributed by atoms with Crippen LogP contribution >= 0.6 is 0 Å². The highest BCUT2D eigenvalue weighted by molar-refractivity contribution is 5.87. The van der Waals surface area contributed by atoms with Crippen molar-refractivity contribution in [3.63, 3.8) is 0 Å². The lowest BCUT2D eigenvalue weighted by atomic mass is 9.46. The SMILES string of the molecule is C=C(C)[C@H]1CC[C@]23C=C(COC(=O)/C=C/c4ccc(O)c(O)c4)C(CC[C@H]2[C@]1(C)CCC(=O)O)C3. The summed E-state index contributed by atoms with van der Waals surface area (Å²) in [7, 11) is 0. The highest BCUT2D eigenvalue weighted by Gasteiger charge is 2.58. The number of phenols is 2. The number of hydrogen-bond donors (Lipinski definition) is 3. The predicted molar refractivity (Wildman–Crippen MR) is 134 cm³/mol. The van der Waals surface area contributed by atoms with Crippen molar-refractivity contribution in [1.29, 1.82) is 0 Å². The summed E-state index contributed by atoms with van der Waals surface area (Å²) in [6.45, 7) is 8.88. The lowest BCUT2D eigenvalue weighted by molar-refractivity contribution is -0.139. The molecule has 5 atom stereocenters. The maximum Gasteiger partial charge on any atom is 0.331 e. The van der Waals surface area contributed by atoms with E-state index in [0.29, 0.717) is 29.7 Å². The fraction of sp³-hybridized carbons (Fsp3) is 0.517. The number of phenolic OH excluding ortho intramolecular Hbond substituents is 2. The number of rotatable bonds is 8. The fourth-order valence-electron chi connectivity index (χ4n) is 7.35. The van der Waals surface area contributed by atoms with Crippen molar-refractivity contribution in [2.45, 2.75) is 58.8 Å². The molecule has 0 aromatic heterocycles. The Labute approximate surface area is 207 Å². The summed E-state index contributed by atoms with van der Waals surface area (Å²) >= 11 is 0. The van der Waals surface area contributed by atoms with E-state index in [1.807, 2.05) is 0 Å². The summed E-state index contributed by atoms with van der Waals surface area (Å²) in [5.41, 5.74) is 2.87. The number of carbonyl (C=O) groups is 2. The Balaban J connectivity index is 1.47. The van der Waals surface area contributed by atoms with Gasteiger partial charge in [-0.3, -0.25) is 4.79 Å². The molecular formula is C29H36O6. The lowest BCUT2D eigenvalue weighted by Gasteiger charge is -2.58. The van der Waals surface area contributed by atoms with Crippen LogP contribution in [0.3, 0.4) is 0 Å². The predicted octanol–water partition coefficient (Wildman–Crippen LogP) is 5.85. The van der Waals surface area contributed by atoms with Crippen molar-refractivity contribution in [3.8, 4) is 11.5 Å². The minimum Gasteiger partial charge on any atom is -0.504 e. The Morgan fingerprint density at radius 2 is 1.97 bits per heavy atom. The van der Waals surface area contributed by atoms with Gasteiger partial charge in [0, 0.05) is 12.5 Å². The van der Waals surface area contributed by atoms with Crippen molar-refractivity contribution in [2.75, 3.05) is 6.61 Å². The number of fused-ring (bicyclic) bond motifs is 1. The van der Waals surface area contributed by atoms with E-state index >= 15 is 0 Å². The van der Waals surface area contributed by atoms with Crippen LogP contribution in [0.15, 0.2) is 48.1 Å². The topological polar surface area (TPSA) is 104 Å². The summed E-state index contributed by atoms with van der Waals surface area (Å²) in [6.07, 6.45) is 11.3. The largest absolute Gasteiger partial charge is 0.504 e. The van der Waals surface area contributed by atoms with Gasteiger partial charge in [-0.2, -0.15) is 0 Å². The van der Waals surface area contributed by atoms with Crippen LogP contribution in [0, 0.1) is 28.6 Å². The van der Waals surface area contributed by atoms with E-state index < -0.39 is 11.9 Å². The van der Waals surface area contributed by atoms with Gasteiger partial charge in [0.05, 0.1) is 0 Å². The van der Waals surface area contributed by atoms with E-state index in [-0.39, 0.29) is 35.4 Å². The monoisotopic (exact) mass is 480 g/mol. The summed E-state index contributed by atoms with van der Waals surface area (Å²) < 4.78 is 5.58. The number of carbonyl (C=O) groups excluding carboxylic acids is 1. The average Bonchev–Trinajstić information content (AvgIpc) is 3.06. The van der Waals surface area contributed by atoms with Gasteiger partial charge >= 0.3 is 11.9 Å². The zero-order valence-electron chi connectivity index (χ0n) is 20.6. The Morgan fingerprint density at radius 3 is 2.66 bits per heavy atom. The van der Waals surface area contributed by atoms with Crippen molar-refractivity contribution >= 4 is 18.0 Å². The average molecular weight is 481 g/mol. The lowest BCUT2D eigenvalue weighted by Crippen LogP contribution is -2.50. The molecule has 35 heavy (non-hydrogen) atoms. The van der Waals surface area contributed by atoms with Crippen LogP contribution < -0.4 is 0 Å². The molecule has 3 aliphatic carbocycles. The number of benzene rings is 1. The molecule has 188 valence electrons. The van der Waals surface area contributed by atoms with Gasteiger partial charge in [0.15, 0.2) is 11.5 Å². The van der Waals surface area contributed by atoms with E-state index in [1.54, 1.807) is 12.1 Å². The molecule has 2 saturated carbocycles. The maximum atomic E-state index is 12.4. The third kappa shape index (κ3) is 4.89. The first-order chi connectivity index (χ1) is 16.5. The molecule has 1 unspecified atom stereocenters. The summed E-state index contributed by atoms with van der Waals surface area (Å²) in [5.74, 6) is -0.517. The molecule has 3 N–H and O–H groups in total. The highest BCUT2D eigenvalue weighted by Crippen LogP contribution is 2.67. The van der Waals surface area contributed by atoms with Crippen molar-refractivity contribution in [3.05, 3.63) is 53.6 Å². The van der Waals surface area contributed by atoms with Crippen molar-refractivity contribution < 1.29 is 29.6 Å². The number of ether oxygens (including phenoxy) is 1. The molecule has 2 fully saturated rings. The Morgan fingerprint density at radius 1 is 1.20 bits per heavy atom. The molecule has 4 rings (SSSR count). The quantitative estimate of drug-likeness (QED) is 0.186. The van der Waals surface area contributed by atoms with Crippen LogP contribution in [0.2, 0.25) is 0 Å². The zero-order chi connectivity index (χ0) is 25.4. The van der Waals surface area contributed by atoms with E-state index in [2.05, 4.69) is 26.5 Å². The fourth-order valence-corrected chi connectivity index (χ4v) is 7.35.